The Morgan fingerprint density at radius 1 is 1.22 bits per heavy atom. The quantitative estimate of drug-likeness (QED) is 0.678. The molecule has 1 unspecified atom stereocenters. The molecule has 5 heteroatoms. The Morgan fingerprint density at radius 3 is 2.78 bits per heavy atom. The van der Waals surface area contributed by atoms with Gasteiger partial charge in [-0.25, -0.2) is 0 Å². The van der Waals surface area contributed by atoms with Crippen LogP contribution in [0.4, 0.5) is 0 Å². The summed E-state index contributed by atoms with van der Waals surface area (Å²) in [6, 6.07) is 19.0. The van der Waals surface area contributed by atoms with Crippen LogP contribution in [0, 0.1) is 0 Å². The van der Waals surface area contributed by atoms with Gasteiger partial charge in [-0.15, -0.1) is 11.3 Å². The van der Waals surface area contributed by atoms with Gasteiger partial charge in [0.15, 0.2) is 6.54 Å². The Bertz CT molecular complexity index is 872. The van der Waals surface area contributed by atoms with E-state index >= 15 is 0 Å². The second kappa shape index (κ2) is 8.11. The average molecular weight is 381 g/mol. The SMILES string of the molecule is Cn1cccc1[C@@H]1CCC[NH+]1CC(=O)N[C@@H](c1ccccc1)c1cccs1. The van der Waals surface area contributed by atoms with Crippen LogP contribution >= 0.6 is 11.3 Å². The number of aryl methyl sites for hydroxylation is 1. The zero-order valence-electron chi connectivity index (χ0n) is 15.6. The summed E-state index contributed by atoms with van der Waals surface area (Å²) in [6.07, 6.45) is 4.41. The van der Waals surface area contributed by atoms with E-state index in [0.717, 1.165) is 18.5 Å². The molecule has 1 aromatic carbocycles. The second-order valence-corrected chi connectivity index (χ2v) is 8.23. The largest absolute Gasteiger partial charge is 0.350 e. The normalized spacial score (nSPS) is 20.5. The number of nitrogens with zero attached hydrogens (tertiary/aromatic N) is 1. The molecule has 1 aliphatic heterocycles. The zero-order chi connectivity index (χ0) is 18.6. The third kappa shape index (κ3) is 3.99. The standard InChI is InChI=1S/C22H25N3OS/c1-24-13-5-10-18(24)19-11-6-14-25(19)16-21(26)23-22(20-12-7-15-27-20)17-8-3-2-4-9-17/h2-5,7-10,12-13,15,19,22H,6,11,14,16H2,1H3,(H,23,26)/p+1/t19-,22-/m0/s1. The van der Waals surface area contributed by atoms with E-state index in [1.54, 1.807) is 11.3 Å². The van der Waals surface area contributed by atoms with Gasteiger partial charge in [-0.1, -0.05) is 36.4 Å². The Balaban J connectivity index is 1.48. The highest BCUT2D eigenvalue weighted by molar-refractivity contribution is 7.10. The molecule has 1 aliphatic rings. The first kappa shape index (κ1) is 18.0. The van der Waals surface area contributed by atoms with E-state index in [9.17, 15) is 4.79 Å². The van der Waals surface area contributed by atoms with Crippen molar-refractivity contribution in [3.63, 3.8) is 0 Å². The fourth-order valence-electron chi connectivity index (χ4n) is 4.15. The van der Waals surface area contributed by atoms with Crippen LogP contribution in [-0.2, 0) is 11.8 Å². The number of carbonyl (C=O) groups excluding carboxylic acids is 1. The number of benzene rings is 1. The zero-order valence-corrected chi connectivity index (χ0v) is 16.4. The van der Waals surface area contributed by atoms with E-state index in [-0.39, 0.29) is 11.9 Å². The molecule has 1 amide bonds. The van der Waals surface area contributed by atoms with Crippen molar-refractivity contribution in [2.75, 3.05) is 13.1 Å². The summed E-state index contributed by atoms with van der Waals surface area (Å²) in [6.45, 7) is 1.57. The van der Waals surface area contributed by atoms with E-state index in [2.05, 4.69) is 58.8 Å². The maximum absolute atomic E-state index is 12.9. The third-order valence-corrected chi connectivity index (χ3v) is 6.42. The number of carbonyl (C=O) groups is 1. The summed E-state index contributed by atoms with van der Waals surface area (Å²) in [5.74, 6) is 0.119. The van der Waals surface area contributed by atoms with Gasteiger partial charge in [-0.05, 0) is 29.1 Å². The fourth-order valence-corrected chi connectivity index (χ4v) is 4.96. The fraction of sp³-hybridized carbons (Fsp3) is 0.318. The highest BCUT2D eigenvalue weighted by atomic mass is 32.1. The summed E-state index contributed by atoms with van der Waals surface area (Å²) in [4.78, 5) is 15.5. The van der Waals surface area contributed by atoms with Gasteiger partial charge in [0.2, 0.25) is 0 Å². The lowest BCUT2D eigenvalue weighted by molar-refractivity contribution is -0.911. The number of rotatable bonds is 6. The highest BCUT2D eigenvalue weighted by Crippen LogP contribution is 2.26. The Hall–Kier alpha value is -2.37. The molecule has 3 heterocycles. The van der Waals surface area contributed by atoms with Crippen LogP contribution in [0.5, 0.6) is 0 Å². The first-order valence-electron chi connectivity index (χ1n) is 9.56. The van der Waals surface area contributed by atoms with Crippen molar-refractivity contribution < 1.29 is 9.69 Å². The Morgan fingerprint density at radius 2 is 2.07 bits per heavy atom. The molecule has 140 valence electrons. The summed E-state index contributed by atoms with van der Waals surface area (Å²) in [5, 5.41) is 5.35. The molecule has 2 aromatic heterocycles. The van der Waals surface area contributed by atoms with Crippen molar-refractivity contribution in [1.29, 1.82) is 0 Å². The first-order chi connectivity index (χ1) is 13.2. The van der Waals surface area contributed by atoms with Gasteiger partial charge in [-0.3, -0.25) is 4.79 Å². The molecule has 0 aliphatic carbocycles. The third-order valence-electron chi connectivity index (χ3n) is 5.48. The van der Waals surface area contributed by atoms with Crippen LogP contribution in [0.1, 0.15) is 41.1 Å². The van der Waals surface area contributed by atoms with Crippen molar-refractivity contribution >= 4 is 17.2 Å². The summed E-state index contributed by atoms with van der Waals surface area (Å²) < 4.78 is 2.19. The molecular formula is C22H26N3OS+. The van der Waals surface area contributed by atoms with Crippen LogP contribution in [-0.4, -0.2) is 23.6 Å². The molecule has 0 radical (unpaired) electrons. The molecule has 0 bridgehead atoms. The second-order valence-electron chi connectivity index (χ2n) is 7.25. The number of hydrogen-bond acceptors (Lipinski definition) is 2. The van der Waals surface area contributed by atoms with Crippen LogP contribution in [0.3, 0.4) is 0 Å². The van der Waals surface area contributed by atoms with E-state index in [1.165, 1.54) is 21.9 Å². The predicted molar refractivity (Wildman–Crippen MR) is 109 cm³/mol. The van der Waals surface area contributed by atoms with Crippen molar-refractivity contribution in [1.82, 2.24) is 9.88 Å². The number of amides is 1. The van der Waals surface area contributed by atoms with E-state index < -0.39 is 0 Å². The van der Waals surface area contributed by atoms with Crippen LogP contribution in [0.15, 0.2) is 66.2 Å². The van der Waals surface area contributed by atoms with Crippen molar-refractivity contribution in [2.24, 2.45) is 7.05 Å². The minimum absolute atomic E-state index is 0.0748. The molecule has 4 nitrogen and oxygen atoms in total. The molecule has 3 aromatic rings. The molecule has 1 fully saturated rings. The monoisotopic (exact) mass is 380 g/mol. The first-order valence-corrected chi connectivity index (χ1v) is 10.4. The summed E-state index contributed by atoms with van der Waals surface area (Å²) in [5.41, 5.74) is 2.46. The maximum Gasteiger partial charge on any atom is 0.275 e. The number of quaternary nitrogens is 1. The topological polar surface area (TPSA) is 38.5 Å². The number of nitrogens with one attached hydrogen (secondary N) is 2. The van der Waals surface area contributed by atoms with Crippen LogP contribution < -0.4 is 10.2 Å². The predicted octanol–water partition coefficient (Wildman–Crippen LogP) is 2.71. The van der Waals surface area contributed by atoms with Crippen molar-refractivity contribution in [3.05, 3.63) is 82.3 Å². The lowest BCUT2D eigenvalue weighted by Crippen LogP contribution is -3.11. The minimum atomic E-state index is -0.0748. The molecular weight excluding hydrogens is 354 g/mol. The molecule has 4 rings (SSSR count). The number of hydrogen-bond donors (Lipinski definition) is 2. The maximum atomic E-state index is 12.9. The molecule has 0 saturated carbocycles. The minimum Gasteiger partial charge on any atom is -0.350 e. The van der Waals surface area contributed by atoms with Crippen LogP contribution in [0.25, 0.3) is 0 Å². The Labute approximate surface area is 164 Å². The molecule has 27 heavy (non-hydrogen) atoms. The van der Waals surface area contributed by atoms with Gasteiger partial charge in [0, 0.05) is 31.0 Å². The Kier molecular flexibility index (Phi) is 5.41. The number of aromatic nitrogens is 1. The number of likely N-dealkylation sites (tertiary alicyclic amines) is 1. The van der Waals surface area contributed by atoms with Gasteiger partial charge < -0.3 is 14.8 Å². The number of thiophene rings is 1. The lowest BCUT2D eigenvalue weighted by Gasteiger charge is -2.23. The van der Waals surface area contributed by atoms with Crippen LogP contribution in [0.2, 0.25) is 0 Å². The summed E-state index contributed by atoms with van der Waals surface area (Å²) >= 11 is 1.69. The molecule has 1 saturated heterocycles. The highest BCUT2D eigenvalue weighted by Gasteiger charge is 2.33. The van der Waals surface area contributed by atoms with Gasteiger partial charge in [0.25, 0.3) is 5.91 Å². The van der Waals surface area contributed by atoms with Gasteiger partial charge in [0.05, 0.1) is 18.3 Å². The van der Waals surface area contributed by atoms with Crippen molar-refractivity contribution in [2.45, 2.75) is 24.9 Å². The van der Waals surface area contributed by atoms with Gasteiger partial charge in [-0.2, -0.15) is 0 Å². The molecule has 0 spiro atoms. The summed E-state index contributed by atoms with van der Waals surface area (Å²) in [7, 11) is 2.09. The van der Waals surface area contributed by atoms with E-state index in [4.69, 9.17) is 0 Å². The van der Waals surface area contributed by atoms with E-state index in [0.29, 0.717) is 12.6 Å². The smallest absolute Gasteiger partial charge is 0.275 e. The molecule has 2 N–H and O–H groups in total. The van der Waals surface area contributed by atoms with Crippen molar-refractivity contribution in [3.8, 4) is 0 Å². The van der Waals surface area contributed by atoms with Gasteiger partial charge >= 0.3 is 0 Å². The van der Waals surface area contributed by atoms with Gasteiger partial charge in [0.1, 0.15) is 6.04 Å². The van der Waals surface area contributed by atoms with E-state index in [1.807, 2.05) is 24.3 Å². The average Bonchev–Trinajstić information content (AvgIpc) is 3.42. The molecule has 3 atom stereocenters. The lowest BCUT2D eigenvalue weighted by atomic mass is 10.1.